The molecule has 0 bridgehead atoms. The van der Waals surface area contributed by atoms with Gasteiger partial charge in [0.05, 0.1) is 18.7 Å². The van der Waals surface area contributed by atoms with Gasteiger partial charge in [-0.2, -0.15) is 0 Å². The number of allylic oxidation sites excluding steroid dienone is 2. The molecule has 1 aromatic rings. The summed E-state index contributed by atoms with van der Waals surface area (Å²) in [6.45, 7) is 2.23. The molecule has 1 saturated carbocycles. The summed E-state index contributed by atoms with van der Waals surface area (Å²) in [4.78, 5) is 26.5. The van der Waals surface area contributed by atoms with Gasteiger partial charge in [-0.25, -0.2) is 0 Å². The van der Waals surface area contributed by atoms with Crippen LogP contribution in [0.3, 0.4) is 0 Å². The standard InChI is InChI=1S/C24H32N2O3/c1-2-22(28)25-14-20-23(21(15-27)26(20)24(29)19-12-13-19)18-10-8-17(9-11-18)16-6-4-3-5-7-16/h6,8-11,19-21,23,27H,2-5,7,12-15H2,1H3,(H,25,28)/t20-,21-,23-/m1/s1. The molecule has 1 saturated heterocycles. The van der Waals surface area contributed by atoms with E-state index in [0.717, 1.165) is 31.2 Å². The quantitative estimate of drug-likeness (QED) is 0.743. The average Bonchev–Trinajstić information content (AvgIpc) is 3.59. The van der Waals surface area contributed by atoms with E-state index in [-0.39, 0.29) is 42.3 Å². The predicted octanol–water partition coefficient (Wildman–Crippen LogP) is 3.24. The van der Waals surface area contributed by atoms with Gasteiger partial charge in [0.25, 0.3) is 0 Å². The number of hydrogen-bond donors (Lipinski definition) is 2. The number of aliphatic hydroxyl groups excluding tert-OH is 1. The summed E-state index contributed by atoms with van der Waals surface area (Å²) in [5.41, 5.74) is 3.84. The molecule has 0 radical (unpaired) electrons. The third-order valence-corrected chi connectivity index (χ3v) is 6.70. The lowest BCUT2D eigenvalue weighted by atomic mass is 9.74. The van der Waals surface area contributed by atoms with Gasteiger partial charge in [-0.05, 0) is 55.2 Å². The molecule has 4 rings (SSSR count). The van der Waals surface area contributed by atoms with E-state index in [1.165, 1.54) is 24.0 Å². The van der Waals surface area contributed by atoms with Crippen molar-refractivity contribution in [1.82, 2.24) is 10.2 Å². The Balaban J connectivity index is 1.54. The van der Waals surface area contributed by atoms with Gasteiger partial charge in [0.2, 0.25) is 11.8 Å². The van der Waals surface area contributed by atoms with Crippen LogP contribution >= 0.6 is 0 Å². The molecular weight excluding hydrogens is 364 g/mol. The molecule has 3 atom stereocenters. The number of benzene rings is 1. The maximum absolute atomic E-state index is 12.8. The molecule has 3 aliphatic rings. The van der Waals surface area contributed by atoms with E-state index in [1.807, 2.05) is 11.8 Å². The van der Waals surface area contributed by atoms with Crippen LogP contribution in [0, 0.1) is 5.92 Å². The maximum Gasteiger partial charge on any atom is 0.226 e. The number of carbonyl (C=O) groups excluding carboxylic acids is 2. The second-order valence-electron chi connectivity index (χ2n) is 8.62. The van der Waals surface area contributed by atoms with Crippen molar-refractivity contribution < 1.29 is 14.7 Å². The first kappa shape index (κ1) is 20.1. The highest BCUT2D eigenvalue weighted by molar-refractivity contribution is 5.83. The van der Waals surface area contributed by atoms with Gasteiger partial charge in [0, 0.05) is 24.8 Å². The average molecular weight is 397 g/mol. The molecule has 29 heavy (non-hydrogen) atoms. The van der Waals surface area contributed by atoms with Crippen LogP contribution in [0.5, 0.6) is 0 Å². The summed E-state index contributed by atoms with van der Waals surface area (Å²) in [6.07, 6.45) is 9.48. The second-order valence-corrected chi connectivity index (χ2v) is 8.62. The Hall–Kier alpha value is -2.14. The van der Waals surface area contributed by atoms with Crippen LogP contribution in [0.1, 0.15) is 68.9 Å². The number of carbonyl (C=O) groups is 2. The highest BCUT2D eigenvalue weighted by Gasteiger charge is 2.53. The van der Waals surface area contributed by atoms with E-state index < -0.39 is 0 Å². The van der Waals surface area contributed by atoms with Gasteiger partial charge >= 0.3 is 0 Å². The van der Waals surface area contributed by atoms with Crippen LogP contribution in [0.4, 0.5) is 0 Å². The summed E-state index contributed by atoms with van der Waals surface area (Å²) in [6, 6.07) is 8.35. The topological polar surface area (TPSA) is 69.6 Å². The molecule has 0 unspecified atom stereocenters. The lowest BCUT2D eigenvalue weighted by Crippen LogP contribution is -2.68. The van der Waals surface area contributed by atoms with Crippen molar-refractivity contribution in [1.29, 1.82) is 0 Å². The minimum Gasteiger partial charge on any atom is -0.394 e. The highest BCUT2D eigenvalue weighted by Crippen LogP contribution is 2.44. The molecule has 0 spiro atoms. The summed E-state index contributed by atoms with van der Waals surface area (Å²) >= 11 is 0. The van der Waals surface area contributed by atoms with Crippen molar-refractivity contribution in [2.75, 3.05) is 13.2 Å². The fraction of sp³-hybridized carbons (Fsp3) is 0.583. The first-order valence-corrected chi connectivity index (χ1v) is 11.1. The zero-order chi connectivity index (χ0) is 20.4. The molecule has 1 aliphatic heterocycles. The molecule has 2 N–H and O–H groups in total. The molecule has 5 heteroatoms. The van der Waals surface area contributed by atoms with Crippen molar-refractivity contribution in [3.05, 3.63) is 41.5 Å². The minimum absolute atomic E-state index is 0.00500. The number of nitrogens with zero attached hydrogens (tertiary/aromatic N) is 1. The van der Waals surface area contributed by atoms with E-state index in [2.05, 4.69) is 35.7 Å². The van der Waals surface area contributed by atoms with Crippen molar-refractivity contribution in [3.8, 4) is 0 Å². The normalized spacial score (nSPS) is 26.5. The molecule has 1 heterocycles. The SMILES string of the molecule is CCC(=O)NC[C@@H]1[C@@H](c2ccc(C3=CCCCC3)cc2)[C@@H](CO)N1C(=O)C1CC1. The van der Waals surface area contributed by atoms with E-state index in [1.54, 1.807) is 0 Å². The number of nitrogens with one attached hydrogen (secondary N) is 1. The first-order valence-electron chi connectivity index (χ1n) is 11.1. The number of amides is 2. The summed E-state index contributed by atoms with van der Waals surface area (Å²) in [5, 5.41) is 13.0. The highest BCUT2D eigenvalue weighted by atomic mass is 16.3. The Morgan fingerprint density at radius 1 is 1.14 bits per heavy atom. The van der Waals surface area contributed by atoms with E-state index >= 15 is 0 Å². The summed E-state index contributed by atoms with van der Waals surface area (Å²) in [5.74, 6) is 0.291. The molecule has 2 fully saturated rings. The van der Waals surface area contributed by atoms with Crippen molar-refractivity contribution in [2.45, 2.75) is 69.9 Å². The molecule has 5 nitrogen and oxygen atoms in total. The Labute approximate surface area is 173 Å². The Bertz CT molecular complexity index is 782. The van der Waals surface area contributed by atoms with Crippen LogP contribution in [0.15, 0.2) is 30.3 Å². The number of aliphatic hydroxyl groups is 1. The largest absolute Gasteiger partial charge is 0.394 e. The Morgan fingerprint density at radius 3 is 2.48 bits per heavy atom. The minimum atomic E-state index is -0.202. The van der Waals surface area contributed by atoms with Crippen LogP contribution in [-0.2, 0) is 9.59 Å². The van der Waals surface area contributed by atoms with Crippen molar-refractivity contribution in [2.24, 2.45) is 5.92 Å². The third-order valence-electron chi connectivity index (χ3n) is 6.70. The van der Waals surface area contributed by atoms with Crippen molar-refractivity contribution >= 4 is 17.4 Å². The number of hydrogen-bond acceptors (Lipinski definition) is 3. The van der Waals surface area contributed by atoms with Crippen LogP contribution in [0.2, 0.25) is 0 Å². The lowest BCUT2D eigenvalue weighted by molar-refractivity contribution is -0.152. The van der Waals surface area contributed by atoms with Gasteiger partial charge in [0.15, 0.2) is 0 Å². The molecule has 156 valence electrons. The van der Waals surface area contributed by atoms with Crippen molar-refractivity contribution in [3.63, 3.8) is 0 Å². The lowest BCUT2D eigenvalue weighted by Gasteiger charge is -2.55. The van der Waals surface area contributed by atoms with Gasteiger partial charge < -0.3 is 15.3 Å². The van der Waals surface area contributed by atoms with Crippen LogP contribution in [-0.4, -0.2) is 47.1 Å². The first-order chi connectivity index (χ1) is 14.1. The fourth-order valence-electron chi connectivity index (χ4n) is 4.85. The molecule has 0 aromatic heterocycles. The number of rotatable bonds is 7. The summed E-state index contributed by atoms with van der Waals surface area (Å²) in [7, 11) is 0. The Morgan fingerprint density at radius 2 is 1.90 bits per heavy atom. The van der Waals surface area contributed by atoms with Gasteiger partial charge in [-0.3, -0.25) is 9.59 Å². The predicted molar refractivity (Wildman–Crippen MR) is 113 cm³/mol. The van der Waals surface area contributed by atoms with Crippen LogP contribution in [0.25, 0.3) is 5.57 Å². The van der Waals surface area contributed by atoms with E-state index in [9.17, 15) is 14.7 Å². The van der Waals surface area contributed by atoms with E-state index in [4.69, 9.17) is 0 Å². The molecule has 2 aliphatic carbocycles. The van der Waals surface area contributed by atoms with Gasteiger partial charge in [0.1, 0.15) is 0 Å². The maximum atomic E-state index is 12.8. The third kappa shape index (κ3) is 4.11. The molecule has 2 amide bonds. The number of likely N-dealkylation sites (tertiary alicyclic amines) is 1. The molecular formula is C24H32N2O3. The molecule has 1 aromatic carbocycles. The second kappa shape index (κ2) is 8.70. The van der Waals surface area contributed by atoms with Gasteiger partial charge in [-0.1, -0.05) is 37.3 Å². The van der Waals surface area contributed by atoms with E-state index in [0.29, 0.717) is 13.0 Å². The zero-order valence-electron chi connectivity index (χ0n) is 17.3. The van der Waals surface area contributed by atoms with Gasteiger partial charge in [-0.15, -0.1) is 0 Å². The smallest absolute Gasteiger partial charge is 0.226 e. The zero-order valence-corrected chi connectivity index (χ0v) is 17.3. The summed E-state index contributed by atoms with van der Waals surface area (Å²) < 4.78 is 0. The fourth-order valence-corrected chi connectivity index (χ4v) is 4.85. The monoisotopic (exact) mass is 396 g/mol. The van der Waals surface area contributed by atoms with Crippen LogP contribution < -0.4 is 5.32 Å². The Kier molecular flexibility index (Phi) is 6.04.